The van der Waals surface area contributed by atoms with Crippen LogP contribution in [0.5, 0.6) is 5.75 Å². The lowest BCUT2D eigenvalue weighted by molar-refractivity contribution is 0.104. The Kier molecular flexibility index (Phi) is 6.64. The number of carbonyl (C=O) groups is 1. The predicted octanol–water partition coefficient (Wildman–Crippen LogP) is 6.55. The second-order valence-corrected chi connectivity index (χ2v) is 9.39. The molecule has 2 N–H and O–H groups in total. The number of carbonyl (C=O) groups excluding carboxylic acids is 1. The van der Waals surface area contributed by atoms with Crippen molar-refractivity contribution in [2.24, 2.45) is 0 Å². The molecule has 0 saturated carbocycles. The standard InChI is InChI=1S/C29H33N3O2/c1-20-9-11-23(12-10-20)18-30-25-13-14-26-24(17-25)15-16-29(4,34-26)19-32(5)28(33)31-27-21(2)7-6-8-22(27)3/h6-17,30H,18-19H2,1-5H3,(H,31,33). The lowest BCUT2D eigenvalue weighted by Crippen LogP contribution is -2.46. The Balaban J connectivity index is 1.38. The maximum atomic E-state index is 12.9. The molecule has 1 aliphatic rings. The number of amides is 2. The first-order valence-electron chi connectivity index (χ1n) is 11.6. The molecule has 0 saturated heterocycles. The summed E-state index contributed by atoms with van der Waals surface area (Å²) in [7, 11) is 1.79. The molecular formula is C29H33N3O2. The van der Waals surface area contributed by atoms with E-state index in [2.05, 4.69) is 54.0 Å². The number of likely N-dealkylation sites (N-methyl/N-ethyl adjacent to an activating group) is 1. The fourth-order valence-corrected chi connectivity index (χ4v) is 4.18. The van der Waals surface area contributed by atoms with Crippen LogP contribution < -0.4 is 15.4 Å². The van der Waals surface area contributed by atoms with Crippen LogP contribution in [0.3, 0.4) is 0 Å². The quantitative estimate of drug-likeness (QED) is 0.443. The first-order valence-corrected chi connectivity index (χ1v) is 11.6. The van der Waals surface area contributed by atoms with Gasteiger partial charge in [0.25, 0.3) is 0 Å². The minimum atomic E-state index is -0.614. The van der Waals surface area contributed by atoms with E-state index in [1.54, 1.807) is 11.9 Å². The molecule has 5 heteroatoms. The molecular weight excluding hydrogens is 422 g/mol. The van der Waals surface area contributed by atoms with Gasteiger partial charge in [-0.15, -0.1) is 0 Å². The number of rotatable bonds is 6. The van der Waals surface area contributed by atoms with Crippen molar-refractivity contribution in [1.82, 2.24) is 4.90 Å². The van der Waals surface area contributed by atoms with Crippen molar-refractivity contribution >= 4 is 23.5 Å². The number of hydrogen-bond donors (Lipinski definition) is 2. The normalized spacial score (nSPS) is 16.4. The van der Waals surface area contributed by atoms with Crippen molar-refractivity contribution in [2.75, 3.05) is 24.2 Å². The van der Waals surface area contributed by atoms with E-state index in [0.29, 0.717) is 6.54 Å². The maximum absolute atomic E-state index is 12.9. The second-order valence-electron chi connectivity index (χ2n) is 9.39. The van der Waals surface area contributed by atoms with Gasteiger partial charge >= 0.3 is 6.03 Å². The molecule has 176 valence electrons. The summed E-state index contributed by atoms with van der Waals surface area (Å²) in [5.41, 5.74) is 6.90. The summed E-state index contributed by atoms with van der Waals surface area (Å²) in [4.78, 5) is 14.5. The zero-order chi connectivity index (χ0) is 24.3. The number of nitrogens with one attached hydrogen (secondary N) is 2. The lowest BCUT2D eigenvalue weighted by Gasteiger charge is -2.35. The number of anilines is 2. The van der Waals surface area contributed by atoms with Gasteiger partial charge in [-0.25, -0.2) is 4.79 Å². The Hall–Kier alpha value is -3.73. The third-order valence-corrected chi connectivity index (χ3v) is 6.20. The van der Waals surface area contributed by atoms with E-state index < -0.39 is 5.60 Å². The second kappa shape index (κ2) is 9.64. The fraction of sp³-hybridized carbons (Fsp3) is 0.276. The van der Waals surface area contributed by atoms with Crippen LogP contribution >= 0.6 is 0 Å². The van der Waals surface area contributed by atoms with Gasteiger partial charge in [-0.2, -0.15) is 0 Å². The molecule has 3 aromatic rings. The Morgan fingerprint density at radius 3 is 2.41 bits per heavy atom. The first kappa shape index (κ1) is 23.4. The van der Waals surface area contributed by atoms with Gasteiger partial charge in [0.2, 0.25) is 0 Å². The highest BCUT2D eigenvalue weighted by molar-refractivity contribution is 5.91. The average Bonchev–Trinajstić information content (AvgIpc) is 2.81. The molecule has 1 unspecified atom stereocenters. The first-order chi connectivity index (χ1) is 16.2. The molecule has 5 nitrogen and oxygen atoms in total. The molecule has 0 spiro atoms. The molecule has 1 heterocycles. The van der Waals surface area contributed by atoms with Crippen molar-refractivity contribution in [2.45, 2.75) is 39.8 Å². The van der Waals surface area contributed by atoms with E-state index in [4.69, 9.17) is 4.74 Å². The van der Waals surface area contributed by atoms with E-state index in [1.807, 2.05) is 57.2 Å². The molecule has 3 aromatic carbocycles. The maximum Gasteiger partial charge on any atom is 0.321 e. The highest BCUT2D eigenvalue weighted by Gasteiger charge is 2.30. The van der Waals surface area contributed by atoms with Gasteiger partial charge in [0.05, 0.1) is 6.54 Å². The largest absolute Gasteiger partial charge is 0.481 e. The number of urea groups is 1. The molecule has 0 fully saturated rings. The number of fused-ring (bicyclic) bond motifs is 1. The van der Waals surface area contributed by atoms with Crippen molar-refractivity contribution in [1.29, 1.82) is 0 Å². The summed E-state index contributed by atoms with van der Waals surface area (Å²) in [6.45, 7) is 9.28. The van der Waals surface area contributed by atoms with Crippen LogP contribution in [0.15, 0.2) is 66.7 Å². The van der Waals surface area contributed by atoms with E-state index >= 15 is 0 Å². The average molecular weight is 456 g/mol. The van der Waals surface area contributed by atoms with E-state index in [-0.39, 0.29) is 6.03 Å². The summed E-state index contributed by atoms with van der Waals surface area (Å²) in [6.07, 6.45) is 4.11. The SMILES string of the molecule is Cc1ccc(CNc2ccc3c(c2)C=CC(C)(CN(C)C(=O)Nc2c(C)cccc2C)O3)cc1. The molecule has 0 aliphatic carbocycles. The fourth-order valence-electron chi connectivity index (χ4n) is 4.18. The molecule has 0 aromatic heterocycles. The topological polar surface area (TPSA) is 53.6 Å². The van der Waals surface area contributed by atoms with E-state index in [9.17, 15) is 4.79 Å². The van der Waals surface area contributed by atoms with Crippen LogP contribution in [0.1, 0.15) is 34.7 Å². The van der Waals surface area contributed by atoms with Gasteiger partial charge in [-0.05, 0) is 68.7 Å². The minimum Gasteiger partial charge on any atom is -0.481 e. The number of hydrogen-bond acceptors (Lipinski definition) is 3. The smallest absolute Gasteiger partial charge is 0.321 e. The number of para-hydroxylation sites is 1. The van der Waals surface area contributed by atoms with Crippen molar-refractivity contribution in [3.8, 4) is 5.75 Å². The summed E-state index contributed by atoms with van der Waals surface area (Å²) in [5.74, 6) is 0.814. The Labute approximate surface area is 202 Å². The molecule has 0 bridgehead atoms. The summed E-state index contributed by atoms with van der Waals surface area (Å²) >= 11 is 0. The van der Waals surface area contributed by atoms with Gasteiger partial charge in [0, 0.05) is 30.5 Å². The number of nitrogens with zero attached hydrogens (tertiary/aromatic N) is 1. The van der Waals surface area contributed by atoms with E-state index in [0.717, 1.165) is 40.4 Å². The summed E-state index contributed by atoms with van der Waals surface area (Å²) < 4.78 is 6.33. The molecule has 0 radical (unpaired) electrons. The van der Waals surface area contributed by atoms with Gasteiger partial charge in [0.15, 0.2) is 0 Å². The molecule has 4 rings (SSSR count). The van der Waals surface area contributed by atoms with Gasteiger partial charge in [0.1, 0.15) is 11.4 Å². The van der Waals surface area contributed by atoms with Crippen LogP contribution in [0.25, 0.3) is 6.08 Å². The van der Waals surface area contributed by atoms with Crippen molar-refractivity contribution in [3.63, 3.8) is 0 Å². The van der Waals surface area contributed by atoms with Gasteiger partial charge in [-0.1, -0.05) is 54.1 Å². The van der Waals surface area contributed by atoms with E-state index in [1.165, 1.54) is 11.1 Å². The number of benzene rings is 3. The molecule has 2 amide bonds. The van der Waals surface area contributed by atoms with Gasteiger partial charge < -0.3 is 20.3 Å². The van der Waals surface area contributed by atoms with Crippen LogP contribution in [-0.4, -0.2) is 30.1 Å². The van der Waals surface area contributed by atoms with Crippen LogP contribution in [0.4, 0.5) is 16.2 Å². The predicted molar refractivity (Wildman–Crippen MR) is 141 cm³/mol. The molecule has 1 aliphatic heterocycles. The third kappa shape index (κ3) is 5.42. The monoisotopic (exact) mass is 455 g/mol. The Morgan fingerprint density at radius 2 is 1.71 bits per heavy atom. The van der Waals surface area contributed by atoms with Crippen LogP contribution in [-0.2, 0) is 6.54 Å². The Bertz CT molecular complexity index is 1200. The van der Waals surface area contributed by atoms with Crippen molar-refractivity contribution in [3.05, 3.63) is 94.6 Å². The molecule has 1 atom stereocenters. The zero-order valence-corrected chi connectivity index (χ0v) is 20.6. The minimum absolute atomic E-state index is 0.155. The number of aryl methyl sites for hydroxylation is 3. The van der Waals surface area contributed by atoms with Crippen molar-refractivity contribution < 1.29 is 9.53 Å². The third-order valence-electron chi connectivity index (χ3n) is 6.20. The summed E-state index contributed by atoms with van der Waals surface area (Å²) in [6, 6.07) is 20.5. The van der Waals surface area contributed by atoms with Crippen LogP contribution in [0, 0.1) is 20.8 Å². The van der Waals surface area contributed by atoms with Gasteiger partial charge in [-0.3, -0.25) is 0 Å². The molecule has 34 heavy (non-hydrogen) atoms. The van der Waals surface area contributed by atoms with Crippen LogP contribution in [0.2, 0.25) is 0 Å². The number of ether oxygens (including phenoxy) is 1. The Morgan fingerprint density at radius 1 is 1.00 bits per heavy atom. The highest BCUT2D eigenvalue weighted by atomic mass is 16.5. The summed E-state index contributed by atoms with van der Waals surface area (Å²) in [5, 5.41) is 6.52. The highest BCUT2D eigenvalue weighted by Crippen LogP contribution is 2.33. The lowest BCUT2D eigenvalue weighted by atomic mass is 9.99. The zero-order valence-electron chi connectivity index (χ0n) is 20.6.